The molecule has 0 aliphatic carbocycles. The summed E-state index contributed by atoms with van der Waals surface area (Å²) in [6, 6.07) is 0. The van der Waals surface area contributed by atoms with E-state index in [9.17, 15) is 4.79 Å². The highest BCUT2D eigenvalue weighted by Gasteiger charge is 1.99. The molecule has 0 saturated carbocycles. The second-order valence-corrected chi connectivity index (χ2v) is 2.28. The number of carbonyl (C=O) groups excluding carboxylic acids is 1. The summed E-state index contributed by atoms with van der Waals surface area (Å²) in [5, 5.41) is 3.10. The first kappa shape index (κ1) is 11.2. The average Bonchev–Trinajstić information content (AvgIpc) is 2.05. The van der Waals surface area contributed by atoms with Crippen LogP contribution in [0.5, 0.6) is 0 Å². The lowest BCUT2D eigenvalue weighted by Crippen LogP contribution is -2.22. The van der Waals surface area contributed by atoms with Crippen molar-refractivity contribution < 1.29 is 14.3 Å². The van der Waals surface area contributed by atoms with Gasteiger partial charge in [0.15, 0.2) is 0 Å². The first-order chi connectivity index (χ1) is 5.81. The normalized spacial score (nSPS) is 9.50. The lowest BCUT2D eigenvalue weighted by atomic mass is 10.5. The summed E-state index contributed by atoms with van der Waals surface area (Å²) in [5.74, 6) is 0. The van der Waals surface area contributed by atoms with Crippen LogP contribution in [-0.4, -0.2) is 32.5 Å². The largest absolute Gasteiger partial charge is 0.508 e. The number of rotatable bonds is 6. The van der Waals surface area contributed by atoms with E-state index in [-0.39, 0.29) is 0 Å². The van der Waals surface area contributed by atoms with Gasteiger partial charge in [0.1, 0.15) is 6.61 Å². The van der Waals surface area contributed by atoms with Crippen LogP contribution in [0.1, 0.15) is 20.3 Å². The quantitative estimate of drug-likeness (QED) is 0.486. The van der Waals surface area contributed by atoms with Gasteiger partial charge in [-0.1, -0.05) is 6.92 Å². The van der Waals surface area contributed by atoms with E-state index in [2.05, 4.69) is 17.0 Å². The molecule has 0 saturated heterocycles. The zero-order chi connectivity index (χ0) is 9.23. The second-order valence-electron chi connectivity index (χ2n) is 2.28. The molecule has 0 heterocycles. The van der Waals surface area contributed by atoms with E-state index in [1.807, 2.05) is 0 Å². The molecule has 4 heteroatoms. The first-order valence-corrected chi connectivity index (χ1v) is 4.31. The Hall–Kier alpha value is -0.770. The van der Waals surface area contributed by atoms with E-state index in [4.69, 9.17) is 4.74 Å². The van der Waals surface area contributed by atoms with Crippen molar-refractivity contribution in [3.05, 3.63) is 0 Å². The Labute approximate surface area is 73.2 Å². The van der Waals surface area contributed by atoms with E-state index in [0.29, 0.717) is 19.8 Å². The highest BCUT2D eigenvalue weighted by atomic mass is 16.7. The Morgan fingerprint density at radius 1 is 1.25 bits per heavy atom. The van der Waals surface area contributed by atoms with Gasteiger partial charge in [0.2, 0.25) is 0 Å². The van der Waals surface area contributed by atoms with Crippen molar-refractivity contribution in [2.75, 3.05) is 26.3 Å². The van der Waals surface area contributed by atoms with Crippen molar-refractivity contribution >= 4 is 6.16 Å². The van der Waals surface area contributed by atoms with Crippen LogP contribution in [-0.2, 0) is 9.47 Å². The van der Waals surface area contributed by atoms with Crippen molar-refractivity contribution in [1.82, 2.24) is 5.32 Å². The number of carbonyl (C=O) groups is 1. The minimum Gasteiger partial charge on any atom is -0.435 e. The predicted molar refractivity (Wildman–Crippen MR) is 46.1 cm³/mol. The number of hydrogen-bond donors (Lipinski definition) is 1. The number of hydrogen-bond acceptors (Lipinski definition) is 4. The first-order valence-electron chi connectivity index (χ1n) is 4.31. The molecule has 4 nitrogen and oxygen atoms in total. The van der Waals surface area contributed by atoms with Crippen LogP contribution in [0.3, 0.4) is 0 Å². The second kappa shape index (κ2) is 8.33. The van der Waals surface area contributed by atoms with Crippen LogP contribution in [0.2, 0.25) is 0 Å². The van der Waals surface area contributed by atoms with Crippen LogP contribution in [0.25, 0.3) is 0 Å². The van der Waals surface area contributed by atoms with Crippen LogP contribution in [0.4, 0.5) is 4.79 Å². The molecular weight excluding hydrogens is 158 g/mol. The molecule has 0 aromatic carbocycles. The fraction of sp³-hybridized carbons (Fsp3) is 0.875. The number of ether oxygens (including phenoxy) is 2. The molecule has 0 rings (SSSR count). The SMILES string of the molecule is CCCNCCOC(=O)OCC. The lowest BCUT2D eigenvalue weighted by molar-refractivity contribution is 0.0598. The summed E-state index contributed by atoms with van der Waals surface area (Å²) in [6.45, 7) is 6.20. The molecule has 1 N–H and O–H groups in total. The zero-order valence-electron chi connectivity index (χ0n) is 7.76. The Balaban J connectivity index is 3.03. The molecule has 0 aromatic heterocycles. The van der Waals surface area contributed by atoms with Gasteiger partial charge in [0.05, 0.1) is 6.61 Å². The lowest BCUT2D eigenvalue weighted by Gasteiger charge is -2.04. The molecule has 0 unspecified atom stereocenters. The monoisotopic (exact) mass is 175 g/mol. The minimum absolute atomic E-state index is 0.362. The summed E-state index contributed by atoms with van der Waals surface area (Å²) < 4.78 is 9.26. The predicted octanol–water partition coefficient (Wildman–Crippen LogP) is 1.16. The van der Waals surface area contributed by atoms with Gasteiger partial charge < -0.3 is 14.8 Å². The summed E-state index contributed by atoms with van der Waals surface area (Å²) >= 11 is 0. The van der Waals surface area contributed by atoms with E-state index < -0.39 is 6.16 Å². The van der Waals surface area contributed by atoms with Crippen molar-refractivity contribution in [2.24, 2.45) is 0 Å². The number of nitrogens with one attached hydrogen (secondary N) is 1. The van der Waals surface area contributed by atoms with Gasteiger partial charge >= 0.3 is 6.16 Å². The minimum atomic E-state index is -0.587. The third kappa shape index (κ3) is 7.34. The molecular formula is C8H17NO3. The van der Waals surface area contributed by atoms with Gasteiger partial charge in [-0.3, -0.25) is 0 Å². The molecule has 0 aliphatic heterocycles. The van der Waals surface area contributed by atoms with Gasteiger partial charge in [-0.25, -0.2) is 4.79 Å². The maximum atomic E-state index is 10.6. The Morgan fingerprint density at radius 2 is 2.00 bits per heavy atom. The molecule has 72 valence electrons. The van der Waals surface area contributed by atoms with Crippen LogP contribution < -0.4 is 5.32 Å². The van der Waals surface area contributed by atoms with Crippen LogP contribution in [0, 0.1) is 0 Å². The van der Waals surface area contributed by atoms with Crippen LogP contribution in [0.15, 0.2) is 0 Å². The van der Waals surface area contributed by atoms with Gasteiger partial charge in [0.25, 0.3) is 0 Å². The fourth-order valence-corrected chi connectivity index (χ4v) is 0.668. The van der Waals surface area contributed by atoms with E-state index in [1.165, 1.54) is 0 Å². The standard InChI is InChI=1S/C8H17NO3/c1-3-5-9-6-7-12-8(10)11-4-2/h9H,3-7H2,1-2H3. The third-order valence-electron chi connectivity index (χ3n) is 1.19. The average molecular weight is 175 g/mol. The van der Waals surface area contributed by atoms with E-state index in [1.54, 1.807) is 6.92 Å². The molecule has 0 radical (unpaired) electrons. The zero-order valence-corrected chi connectivity index (χ0v) is 7.76. The Bertz CT molecular complexity index is 117. The van der Waals surface area contributed by atoms with Gasteiger partial charge in [-0.2, -0.15) is 0 Å². The summed E-state index contributed by atoms with van der Waals surface area (Å²) in [4.78, 5) is 10.6. The molecule has 0 spiro atoms. The molecule has 0 atom stereocenters. The topological polar surface area (TPSA) is 47.6 Å². The molecule has 0 aromatic rings. The highest BCUT2D eigenvalue weighted by molar-refractivity contribution is 5.59. The third-order valence-corrected chi connectivity index (χ3v) is 1.19. The van der Waals surface area contributed by atoms with Crippen molar-refractivity contribution in [3.8, 4) is 0 Å². The van der Waals surface area contributed by atoms with Crippen molar-refractivity contribution in [2.45, 2.75) is 20.3 Å². The van der Waals surface area contributed by atoms with Crippen molar-refractivity contribution in [1.29, 1.82) is 0 Å². The van der Waals surface area contributed by atoms with Crippen molar-refractivity contribution in [3.63, 3.8) is 0 Å². The van der Waals surface area contributed by atoms with Gasteiger partial charge in [-0.15, -0.1) is 0 Å². The summed E-state index contributed by atoms with van der Waals surface area (Å²) in [7, 11) is 0. The fourth-order valence-electron chi connectivity index (χ4n) is 0.668. The molecule has 0 fully saturated rings. The summed E-state index contributed by atoms with van der Waals surface area (Å²) in [5.41, 5.74) is 0. The molecule has 0 amide bonds. The van der Waals surface area contributed by atoms with E-state index in [0.717, 1.165) is 13.0 Å². The van der Waals surface area contributed by atoms with Crippen LogP contribution >= 0.6 is 0 Å². The maximum Gasteiger partial charge on any atom is 0.508 e. The highest BCUT2D eigenvalue weighted by Crippen LogP contribution is 1.83. The maximum absolute atomic E-state index is 10.6. The molecule has 0 bridgehead atoms. The molecule has 0 aliphatic rings. The van der Waals surface area contributed by atoms with Gasteiger partial charge in [-0.05, 0) is 19.9 Å². The molecule has 12 heavy (non-hydrogen) atoms. The Morgan fingerprint density at radius 3 is 2.58 bits per heavy atom. The van der Waals surface area contributed by atoms with E-state index >= 15 is 0 Å². The summed E-state index contributed by atoms with van der Waals surface area (Å²) in [6.07, 6.45) is 0.496. The smallest absolute Gasteiger partial charge is 0.435 e. The van der Waals surface area contributed by atoms with Gasteiger partial charge in [0, 0.05) is 6.54 Å². The Kier molecular flexibility index (Phi) is 7.79.